The van der Waals surface area contributed by atoms with Gasteiger partial charge in [-0.3, -0.25) is 9.69 Å². The summed E-state index contributed by atoms with van der Waals surface area (Å²) in [6.07, 6.45) is 0.865. The molecule has 3 aromatic rings. The molecule has 0 spiro atoms. The average Bonchev–Trinajstić information content (AvgIpc) is 3.13. The molecule has 0 atom stereocenters. The zero-order valence-corrected chi connectivity index (χ0v) is 17.0. The molecule has 144 valence electrons. The van der Waals surface area contributed by atoms with Crippen LogP contribution in [0, 0.1) is 11.3 Å². The number of nitrogens with zero attached hydrogens (tertiary/aromatic N) is 3. The molecule has 7 heteroatoms. The minimum absolute atomic E-state index is 0.107. The fourth-order valence-electron chi connectivity index (χ4n) is 2.86. The topological polar surface area (TPSA) is 70.7 Å². The van der Waals surface area contributed by atoms with E-state index in [2.05, 4.69) is 25.1 Å². The zero-order valence-electron chi connectivity index (χ0n) is 16.2. The molecule has 0 radical (unpaired) electrons. The Morgan fingerprint density at radius 3 is 2.64 bits per heavy atom. The Balaban J connectivity index is 1.93. The molecule has 1 N–H and O–H groups in total. The number of anilines is 1. The Bertz CT molecular complexity index is 1010. The molecule has 0 fully saturated rings. The molecule has 1 heterocycles. The number of amides is 1. The standard InChI is InChI=1S/C21H22N4O2S/c1-24(2)11-4-12-25(20(26)16-7-5-15(14-22)6-8-16)21-23-18-13-17(27-3)9-10-19(18)28-21/h5-10,13H,4,11-12H2,1-3H3/p+1. The van der Waals surface area contributed by atoms with Gasteiger partial charge in [0.1, 0.15) is 5.75 Å². The summed E-state index contributed by atoms with van der Waals surface area (Å²) in [5.41, 5.74) is 1.90. The Morgan fingerprint density at radius 1 is 1.25 bits per heavy atom. The number of carbonyl (C=O) groups excluding carboxylic acids is 1. The van der Waals surface area contributed by atoms with Crippen LogP contribution >= 0.6 is 11.3 Å². The van der Waals surface area contributed by atoms with Gasteiger partial charge in [-0.1, -0.05) is 11.3 Å². The third-order valence-corrected chi connectivity index (χ3v) is 5.44. The van der Waals surface area contributed by atoms with E-state index in [1.54, 1.807) is 36.3 Å². The quantitative estimate of drug-likeness (QED) is 0.667. The molecular formula is C21H23N4O2S+. The van der Waals surface area contributed by atoms with E-state index >= 15 is 0 Å². The van der Waals surface area contributed by atoms with Crippen LogP contribution in [0.2, 0.25) is 0 Å². The third kappa shape index (κ3) is 4.47. The molecule has 3 rings (SSSR count). The van der Waals surface area contributed by atoms with Crippen LogP contribution in [0.15, 0.2) is 42.5 Å². The molecule has 28 heavy (non-hydrogen) atoms. The summed E-state index contributed by atoms with van der Waals surface area (Å²) in [4.78, 5) is 21.0. The largest absolute Gasteiger partial charge is 0.497 e. The number of hydrogen-bond acceptors (Lipinski definition) is 5. The molecule has 1 amide bonds. The van der Waals surface area contributed by atoms with Crippen molar-refractivity contribution in [2.24, 2.45) is 0 Å². The smallest absolute Gasteiger partial charge is 0.260 e. The van der Waals surface area contributed by atoms with Gasteiger partial charge in [-0.2, -0.15) is 5.26 Å². The van der Waals surface area contributed by atoms with Gasteiger partial charge in [0.05, 0.1) is 49.6 Å². The predicted octanol–water partition coefficient (Wildman–Crippen LogP) is 2.36. The molecule has 0 unspecified atom stereocenters. The Labute approximate surface area is 168 Å². The highest BCUT2D eigenvalue weighted by Crippen LogP contribution is 2.32. The van der Waals surface area contributed by atoms with Gasteiger partial charge in [0.15, 0.2) is 5.13 Å². The minimum atomic E-state index is -0.107. The number of thiazole rings is 1. The first-order chi connectivity index (χ1) is 13.5. The maximum absolute atomic E-state index is 13.2. The third-order valence-electron chi connectivity index (χ3n) is 4.38. The molecular weight excluding hydrogens is 372 g/mol. The van der Waals surface area contributed by atoms with E-state index in [1.165, 1.54) is 16.2 Å². The summed E-state index contributed by atoms with van der Waals surface area (Å²) in [5, 5.41) is 9.65. The number of quaternary nitrogens is 1. The highest BCUT2D eigenvalue weighted by molar-refractivity contribution is 7.22. The molecule has 0 bridgehead atoms. The number of carbonyl (C=O) groups is 1. The molecule has 0 saturated heterocycles. The average molecular weight is 396 g/mol. The van der Waals surface area contributed by atoms with Crippen LogP contribution in [0.4, 0.5) is 5.13 Å². The van der Waals surface area contributed by atoms with E-state index in [9.17, 15) is 4.79 Å². The summed E-state index contributed by atoms with van der Waals surface area (Å²) in [7, 11) is 5.81. The lowest BCUT2D eigenvalue weighted by Gasteiger charge is -2.20. The second-order valence-corrected chi connectivity index (χ2v) is 7.80. The van der Waals surface area contributed by atoms with Crippen molar-refractivity contribution in [2.45, 2.75) is 6.42 Å². The number of nitrogens with one attached hydrogen (secondary N) is 1. The van der Waals surface area contributed by atoms with Crippen molar-refractivity contribution < 1.29 is 14.4 Å². The van der Waals surface area contributed by atoms with Gasteiger partial charge >= 0.3 is 0 Å². The summed E-state index contributed by atoms with van der Waals surface area (Å²) in [5.74, 6) is 0.634. The zero-order chi connectivity index (χ0) is 20.1. The molecule has 0 aliphatic heterocycles. The summed E-state index contributed by atoms with van der Waals surface area (Å²) in [6.45, 7) is 1.54. The number of fused-ring (bicyclic) bond motifs is 1. The number of ether oxygens (including phenoxy) is 1. The summed E-state index contributed by atoms with van der Waals surface area (Å²) in [6, 6.07) is 14.5. The second kappa shape index (κ2) is 8.83. The predicted molar refractivity (Wildman–Crippen MR) is 111 cm³/mol. The van der Waals surface area contributed by atoms with Crippen LogP contribution in [-0.2, 0) is 0 Å². The molecule has 2 aromatic carbocycles. The van der Waals surface area contributed by atoms with Gasteiger partial charge in [-0.25, -0.2) is 4.98 Å². The molecule has 6 nitrogen and oxygen atoms in total. The van der Waals surface area contributed by atoms with Crippen LogP contribution < -0.4 is 14.5 Å². The van der Waals surface area contributed by atoms with Crippen LogP contribution in [0.25, 0.3) is 10.2 Å². The summed E-state index contributed by atoms with van der Waals surface area (Å²) < 4.78 is 6.28. The normalized spacial score (nSPS) is 10.8. The number of aromatic nitrogens is 1. The Morgan fingerprint density at radius 2 is 2.00 bits per heavy atom. The van der Waals surface area contributed by atoms with Crippen molar-refractivity contribution in [1.82, 2.24) is 4.98 Å². The van der Waals surface area contributed by atoms with Crippen molar-refractivity contribution in [3.8, 4) is 11.8 Å². The van der Waals surface area contributed by atoms with Gasteiger partial charge < -0.3 is 9.64 Å². The van der Waals surface area contributed by atoms with Crippen LogP contribution in [0.1, 0.15) is 22.3 Å². The number of benzene rings is 2. The fraction of sp³-hybridized carbons (Fsp3) is 0.286. The number of nitriles is 1. The minimum Gasteiger partial charge on any atom is -0.497 e. The fourth-order valence-corrected chi connectivity index (χ4v) is 3.83. The summed E-state index contributed by atoms with van der Waals surface area (Å²) >= 11 is 1.49. The number of hydrogen-bond donors (Lipinski definition) is 1. The van der Waals surface area contributed by atoms with Gasteiger partial charge in [0.25, 0.3) is 5.91 Å². The van der Waals surface area contributed by atoms with Crippen LogP contribution in [0.5, 0.6) is 5.75 Å². The highest BCUT2D eigenvalue weighted by Gasteiger charge is 2.21. The van der Waals surface area contributed by atoms with Crippen molar-refractivity contribution >= 4 is 32.6 Å². The maximum atomic E-state index is 13.2. The molecule has 0 saturated carbocycles. The SMILES string of the molecule is COc1ccc2sc(N(CCC[NH+](C)C)C(=O)c3ccc(C#N)cc3)nc2c1. The Kier molecular flexibility index (Phi) is 6.24. The molecule has 1 aromatic heterocycles. The van der Waals surface area contributed by atoms with E-state index in [0.717, 1.165) is 28.9 Å². The first-order valence-corrected chi connectivity index (χ1v) is 9.89. The van der Waals surface area contributed by atoms with E-state index in [4.69, 9.17) is 10.00 Å². The number of rotatable bonds is 7. The van der Waals surface area contributed by atoms with Gasteiger partial charge in [0, 0.05) is 24.6 Å². The monoisotopic (exact) mass is 395 g/mol. The lowest BCUT2D eigenvalue weighted by molar-refractivity contribution is -0.858. The first-order valence-electron chi connectivity index (χ1n) is 9.07. The van der Waals surface area contributed by atoms with E-state index in [-0.39, 0.29) is 5.91 Å². The maximum Gasteiger partial charge on any atom is 0.260 e. The van der Waals surface area contributed by atoms with Gasteiger partial charge in [-0.15, -0.1) is 0 Å². The van der Waals surface area contributed by atoms with Gasteiger partial charge in [0.2, 0.25) is 0 Å². The molecule has 0 aliphatic rings. The van der Waals surface area contributed by atoms with E-state index in [1.807, 2.05) is 18.2 Å². The van der Waals surface area contributed by atoms with Gasteiger partial charge in [-0.05, 0) is 36.4 Å². The highest BCUT2D eigenvalue weighted by atomic mass is 32.1. The number of methoxy groups -OCH3 is 1. The molecule has 0 aliphatic carbocycles. The van der Waals surface area contributed by atoms with Crippen molar-refractivity contribution in [3.05, 3.63) is 53.6 Å². The van der Waals surface area contributed by atoms with E-state index in [0.29, 0.717) is 22.8 Å². The van der Waals surface area contributed by atoms with Crippen molar-refractivity contribution in [2.75, 3.05) is 39.2 Å². The van der Waals surface area contributed by atoms with Crippen molar-refractivity contribution in [3.63, 3.8) is 0 Å². The van der Waals surface area contributed by atoms with E-state index < -0.39 is 0 Å². The van der Waals surface area contributed by atoms with Crippen LogP contribution in [-0.4, -0.2) is 45.2 Å². The lowest BCUT2D eigenvalue weighted by atomic mass is 10.1. The first kappa shape index (κ1) is 19.8. The van der Waals surface area contributed by atoms with Crippen LogP contribution in [0.3, 0.4) is 0 Å². The second-order valence-electron chi connectivity index (χ2n) is 6.79. The Hall–Kier alpha value is -2.95. The lowest BCUT2D eigenvalue weighted by Crippen LogP contribution is -3.05. The van der Waals surface area contributed by atoms with Crippen molar-refractivity contribution in [1.29, 1.82) is 5.26 Å².